The number of amides is 2. The van der Waals surface area contributed by atoms with Gasteiger partial charge in [0.15, 0.2) is 5.78 Å². The fraction of sp³-hybridized carbons (Fsp3) is 0.711. The number of nitrogens with zero attached hydrogens (tertiary/aromatic N) is 2. The lowest BCUT2D eigenvalue weighted by atomic mass is 9.77. The normalized spacial score (nSPS) is 25.6. The van der Waals surface area contributed by atoms with Crippen LogP contribution in [-0.2, 0) is 44.8 Å². The fourth-order valence-corrected chi connectivity index (χ4v) is 10.1. The molecule has 2 amide bonds. The van der Waals surface area contributed by atoms with Gasteiger partial charge >= 0.3 is 16.3 Å². The number of rotatable bonds is 16. The Kier molecular flexibility index (Phi) is 11.4. The van der Waals surface area contributed by atoms with Gasteiger partial charge < -0.3 is 14.4 Å². The zero-order chi connectivity index (χ0) is 37.4. The Morgan fingerprint density at radius 1 is 1.10 bits per heavy atom. The predicted octanol–water partition coefficient (Wildman–Crippen LogP) is 5.91. The van der Waals surface area contributed by atoms with E-state index in [-0.39, 0.29) is 42.5 Å². The zero-order valence-electron chi connectivity index (χ0n) is 31.0. The molecule has 52 heavy (non-hydrogen) atoms. The minimum Gasteiger partial charge on any atom is -0.478 e. The third-order valence-electron chi connectivity index (χ3n) is 11.3. The van der Waals surface area contributed by atoms with E-state index in [0.717, 1.165) is 41.5 Å². The Hall–Kier alpha value is -3.10. The van der Waals surface area contributed by atoms with Crippen molar-refractivity contribution in [3.05, 3.63) is 23.1 Å². The van der Waals surface area contributed by atoms with E-state index in [1.807, 2.05) is 52.1 Å². The molecule has 4 fully saturated rings. The summed E-state index contributed by atoms with van der Waals surface area (Å²) in [4.78, 5) is 62.3. The standard InChI is InChI=1S/C38H53N3O9S2/c1-6-25-20-38(25,36(45)40-52(46,47)50-27-12-13-27)21-31(42)30-17-23(16-24-18-32(48-7-2)39-29-14-15-51-34(24)29)22-41(30)35(44)28(37(3,4)5)19-33(43)49-26-10-8-9-11-26/h14-15,18,23,25-28,30H,6-13,16-17,19-22H2,1-5H3,(H,40,45)/t23-,25-,28-,30+,38-/m1/s1. The van der Waals surface area contributed by atoms with Crippen molar-refractivity contribution in [3.63, 3.8) is 0 Å². The molecule has 0 bridgehead atoms. The van der Waals surface area contributed by atoms with Crippen LogP contribution in [0.3, 0.4) is 0 Å². The third kappa shape index (κ3) is 8.81. The molecule has 3 heterocycles. The highest BCUT2D eigenvalue weighted by atomic mass is 32.2. The number of likely N-dealkylation sites (tertiary alicyclic amines) is 1. The number of ketones is 1. The van der Waals surface area contributed by atoms with Crippen molar-refractivity contribution in [3.8, 4) is 5.88 Å². The van der Waals surface area contributed by atoms with Crippen LogP contribution in [0.15, 0.2) is 17.5 Å². The van der Waals surface area contributed by atoms with Crippen LogP contribution in [0, 0.1) is 28.6 Å². The average Bonchev–Trinajstić information content (AvgIpc) is 3.75. The molecule has 3 aliphatic carbocycles. The molecule has 3 saturated carbocycles. The number of hydrogen-bond acceptors (Lipinski definition) is 11. The maximum Gasteiger partial charge on any atom is 0.362 e. The van der Waals surface area contributed by atoms with Gasteiger partial charge in [0.1, 0.15) is 6.10 Å². The molecule has 286 valence electrons. The monoisotopic (exact) mass is 759 g/mol. The molecule has 0 spiro atoms. The highest BCUT2D eigenvalue weighted by Gasteiger charge is 2.61. The summed E-state index contributed by atoms with van der Waals surface area (Å²) in [5.41, 5.74) is 0.0320. The molecule has 6 rings (SSSR count). The van der Waals surface area contributed by atoms with E-state index in [2.05, 4.69) is 9.71 Å². The van der Waals surface area contributed by atoms with Gasteiger partial charge in [-0.1, -0.05) is 34.1 Å². The highest BCUT2D eigenvalue weighted by Crippen LogP contribution is 2.58. The van der Waals surface area contributed by atoms with Gasteiger partial charge in [-0.25, -0.2) is 9.71 Å². The van der Waals surface area contributed by atoms with Gasteiger partial charge in [-0.15, -0.1) is 11.3 Å². The molecule has 1 saturated heterocycles. The van der Waals surface area contributed by atoms with Gasteiger partial charge in [-0.2, -0.15) is 8.42 Å². The van der Waals surface area contributed by atoms with Crippen molar-refractivity contribution in [2.45, 2.75) is 130 Å². The van der Waals surface area contributed by atoms with Crippen LogP contribution in [-0.4, -0.2) is 73.3 Å². The number of nitrogens with one attached hydrogen (secondary N) is 1. The maximum atomic E-state index is 14.7. The molecule has 0 radical (unpaired) electrons. The molecule has 4 aliphatic rings. The molecule has 1 aliphatic heterocycles. The van der Waals surface area contributed by atoms with Crippen molar-refractivity contribution < 1.29 is 41.3 Å². The largest absolute Gasteiger partial charge is 0.478 e. The molecule has 2 aromatic heterocycles. The first-order valence-electron chi connectivity index (χ1n) is 18.9. The summed E-state index contributed by atoms with van der Waals surface area (Å²) in [5, 5.41) is 1.98. The van der Waals surface area contributed by atoms with Crippen LogP contribution >= 0.6 is 11.3 Å². The van der Waals surface area contributed by atoms with Gasteiger partial charge in [0.25, 0.3) is 0 Å². The number of carbonyl (C=O) groups excluding carboxylic acids is 4. The average molecular weight is 760 g/mol. The number of fused-ring (bicyclic) bond motifs is 1. The summed E-state index contributed by atoms with van der Waals surface area (Å²) in [6, 6.07) is 3.03. The second-order valence-corrected chi connectivity index (χ2v) is 18.5. The Bertz CT molecular complexity index is 1780. The summed E-state index contributed by atoms with van der Waals surface area (Å²) in [6.07, 6.45) is 5.95. The molecule has 0 unspecified atom stereocenters. The molecule has 2 aromatic rings. The van der Waals surface area contributed by atoms with E-state index in [0.29, 0.717) is 57.6 Å². The van der Waals surface area contributed by atoms with E-state index in [1.165, 1.54) is 0 Å². The van der Waals surface area contributed by atoms with E-state index in [4.69, 9.17) is 13.7 Å². The van der Waals surface area contributed by atoms with Gasteiger partial charge in [-0.3, -0.25) is 23.4 Å². The van der Waals surface area contributed by atoms with E-state index in [9.17, 15) is 27.6 Å². The Labute approximate surface area is 311 Å². The zero-order valence-corrected chi connectivity index (χ0v) is 32.6. The highest BCUT2D eigenvalue weighted by molar-refractivity contribution is 7.85. The number of ether oxygens (including phenoxy) is 2. The summed E-state index contributed by atoms with van der Waals surface area (Å²) in [5.74, 6) is -2.22. The molecule has 0 aromatic carbocycles. The summed E-state index contributed by atoms with van der Waals surface area (Å²) in [6.45, 7) is 10.3. The number of hydrogen-bond donors (Lipinski definition) is 1. The lowest BCUT2D eigenvalue weighted by Crippen LogP contribution is -2.48. The maximum absolute atomic E-state index is 14.7. The summed E-state index contributed by atoms with van der Waals surface area (Å²) in [7, 11) is -4.32. The number of pyridine rings is 1. The third-order valence-corrected chi connectivity index (χ3v) is 13.2. The van der Waals surface area contributed by atoms with Gasteiger partial charge in [0, 0.05) is 19.0 Å². The summed E-state index contributed by atoms with van der Waals surface area (Å²) >= 11 is 1.58. The van der Waals surface area contributed by atoms with E-state index in [1.54, 1.807) is 16.2 Å². The van der Waals surface area contributed by atoms with Crippen molar-refractivity contribution in [2.75, 3.05) is 13.2 Å². The van der Waals surface area contributed by atoms with Crippen molar-refractivity contribution in [1.29, 1.82) is 0 Å². The van der Waals surface area contributed by atoms with Crippen LogP contribution in [0.4, 0.5) is 0 Å². The molecule has 14 heteroatoms. The lowest BCUT2D eigenvalue weighted by Gasteiger charge is -2.35. The van der Waals surface area contributed by atoms with Crippen LogP contribution in [0.1, 0.15) is 111 Å². The number of aromatic nitrogens is 1. The van der Waals surface area contributed by atoms with Crippen molar-refractivity contribution >= 4 is 55.4 Å². The smallest absolute Gasteiger partial charge is 0.362 e. The molecular formula is C38H53N3O9S2. The number of Topliss-reactive ketones (excluding diaryl/α,β-unsaturated/α-hetero) is 1. The Morgan fingerprint density at radius 3 is 2.46 bits per heavy atom. The molecule has 12 nitrogen and oxygen atoms in total. The lowest BCUT2D eigenvalue weighted by molar-refractivity contribution is -0.156. The van der Waals surface area contributed by atoms with Gasteiger partial charge in [0.2, 0.25) is 17.7 Å². The Morgan fingerprint density at radius 2 is 1.83 bits per heavy atom. The second-order valence-electron chi connectivity index (χ2n) is 16.3. The van der Waals surface area contributed by atoms with Crippen LogP contribution < -0.4 is 9.46 Å². The topological polar surface area (TPSA) is 158 Å². The predicted molar refractivity (Wildman–Crippen MR) is 196 cm³/mol. The number of carbonyl (C=O) groups is 4. The first-order chi connectivity index (χ1) is 24.6. The quantitative estimate of drug-likeness (QED) is 0.204. The first kappa shape index (κ1) is 38.6. The second kappa shape index (κ2) is 15.3. The van der Waals surface area contributed by atoms with Crippen LogP contribution in [0.25, 0.3) is 10.2 Å². The van der Waals surface area contributed by atoms with E-state index < -0.39 is 51.1 Å². The van der Waals surface area contributed by atoms with Gasteiger partial charge in [0.05, 0.1) is 46.7 Å². The number of esters is 1. The SMILES string of the molecule is CCOc1cc(C[C@@H]2C[C@@H](C(=O)C[C@]3(C(=O)NS(=O)(=O)OC4CC4)C[C@H]3CC)N(C(=O)[C@@H](CC(=O)OC3CCCC3)C(C)(C)C)C2)c2sccc2n1. The van der Waals surface area contributed by atoms with Gasteiger partial charge in [-0.05, 0) is 99.0 Å². The van der Waals surface area contributed by atoms with Crippen molar-refractivity contribution in [2.24, 2.45) is 28.6 Å². The van der Waals surface area contributed by atoms with Crippen LogP contribution in [0.5, 0.6) is 5.88 Å². The molecular weight excluding hydrogens is 707 g/mol. The molecule has 5 atom stereocenters. The molecule has 1 N–H and O–H groups in total. The van der Waals surface area contributed by atoms with Crippen LogP contribution in [0.2, 0.25) is 0 Å². The Balaban J connectivity index is 1.26. The minimum absolute atomic E-state index is 0.0953. The minimum atomic E-state index is -4.32. The van der Waals surface area contributed by atoms with Crippen molar-refractivity contribution in [1.82, 2.24) is 14.6 Å². The number of thiophene rings is 1. The first-order valence-corrected chi connectivity index (χ1v) is 21.2. The fourth-order valence-electron chi connectivity index (χ4n) is 8.17. The summed E-state index contributed by atoms with van der Waals surface area (Å²) < 4.78 is 45.0. The van der Waals surface area contributed by atoms with E-state index >= 15 is 0 Å².